The van der Waals surface area contributed by atoms with E-state index in [0.29, 0.717) is 6.54 Å². The van der Waals surface area contributed by atoms with Crippen LogP contribution in [0.3, 0.4) is 0 Å². The molecule has 0 saturated heterocycles. The average molecular weight is 189 g/mol. The van der Waals surface area contributed by atoms with Crippen LogP contribution in [-0.2, 0) is 11.3 Å². The maximum atomic E-state index is 10.2. The molecule has 0 bridgehead atoms. The summed E-state index contributed by atoms with van der Waals surface area (Å²) < 4.78 is 0. The lowest BCUT2D eigenvalue weighted by Gasteiger charge is -1.94. The maximum Gasteiger partial charge on any atom is 0.315 e. The van der Waals surface area contributed by atoms with Gasteiger partial charge in [-0.3, -0.25) is 4.79 Å². The molecule has 72 valence electrons. The maximum absolute atomic E-state index is 10.2. The molecule has 3 heteroatoms. The third-order valence-electron chi connectivity index (χ3n) is 1.66. The van der Waals surface area contributed by atoms with Crippen LogP contribution in [0.5, 0.6) is 0 Å². The molecule has 3 N–H and O–H groups in total. The molecule has 0 fully saturated rings. The van der Waals surface area contributed by atoms with Gasteiger partial charge >= 0.3 is 5.97 Å². The van der Waals surface area contributed by atoms with E-state index in [9.17, 15) is 4.79 Å². The largest absolute Gasteiger partial charge is 0.481 e. The Morgan fingerprint density at radius 1 is 1.36 bits per heavy atom. The van der Waals surface area contributed by atoms with E-state index in [4.69, 9.17) is 10.8 Å². The lowest BCUT2D eigenvalue weighted by Crippen LogP contribution is -1.95. The van der Waals surface area contributed by atoms with Crippen LogP contribution in [0.4, 0.5) is 0 Å². The Labute approximate surface area is 82.6 Å². The molecule has 1 aromatic rings. The highest BCUT2D eigenvalue weighted by molar-refractivity contribution is 5.70. The molecule has 0 aromatic heterocycles. The number of hydrogen-bond donors (Lipinski definition) is 2. The van der Waals surface area contributed by atoms with E-state index in [1.165, 1.54) is 0 Å². The van der Waals surface area contributed by atoms with Crippen LogP contribution in [0.15, 0.2) is 24.3 Å². The number of aliphatic carboxylic acids is 1. The Balaban J connectivity index is 2.66. The van der Waals surface area contributed by atoms with Gasteiger partial charge in [0.15, 0.2) is 0 Å². The summed E-state index contributed by atoms with van der Waals surface area (Å²) in [6, 6.07) is 7.42. The smallest absolute Gasteiger partial charge is 0.315 e. The second-order valence-electron chi connectivity index (χ2n) is 2.77. The van der Waals surface area contributed by atoms with Gasteiger partial charge in [0.25, 0.3) is 0 Å². The lowest BCUT2D eigenvalue weighted by atomic mass is 10.1. The van der Waals surface area contributed by atoms with Crippen molar-refractivity contribution in [3.63, 3.8) is 0 Å². The number of carbonyl (C=O) groups is 1. The summed E-state index contributed by atoms with van der Waals surface area (Å²) in [6.07, 6.45) is -0.126. The minimum absolute atomic E-state index is 0.126. The van der Waals surface area contributed by atoms with Crippen molar-refractivity contribution in [3.05, 3.63) is 35.4 Å². The van der Waals surface area contributed by atoms with Crippen molar-refractivity contribution < 1.29 is 9.90 Å². The summed E-state index contributed by atoms with van der Waals surface area (Å²) in [5.74, 6) is 4.41. The van der Waals surface area contributed by atoms with E-state index in [0.717, 1.165) is 11.1 Å². The zero-order valence-electron chi connectivity index (χ0n) is 7.66. The normalized spacial score (nSPS) is 8.93. The Bertz CT molecular complexity index is 371. The monoisotopic (exact) mass is 189 g/mol. The van der Waals surface area contributed by atoms with E-state index in [1.54, 1.807) is 0 Å². The SMILES string of the molecule is NCc1ccc(C#CCC(=O)O)cc1. The molecule has 0 amide bonds. The van der Waals surface area contributed by atoms with Gasteiger partial charge in [-0.25, -0.2) is 0 Å². The van der Waals surface area contributed by atoms with Gasteiger partial charge in [0.2, 0.25) is 0 Å². The number of hydrogen-bond acceptors (Lipinski definition) is 2. The van der Waals surface area contributed by atoms with Gasteiger partial charge in [-0.15, -0.1) is 0 Å². The van der Waals surface area contributed by atoms with Crippen LogP contribution in [0.25, 0.3) is 0 Å². The van der Waals surface area contributed by atoms with Crippen molar-refractivity contribution in [2.24, 2.45) is 5.73 Å². The number of carboxylic acid groups (broad SMARTS) is 1. The van der Waals surface area contributed by atoms with Crippen LogP contribution in [0, 0.1) is 11.8 Å². The zero-order chi connectivity index (χ0) is 10.4. The highest BCUT2D eigenvalue weighted by Crippen LogP contribution is 2.01. The molecule has 3 nitrogen and oxygen atoms in total. The van der Waals surface area contributed by atoms with E-state index < -0.39 is 5.97 Å². The highest BCUT2D eigenvalue weighted by Gasteiger charge is 1.90. The fourth-order valence-electron chi connectivity index (χ4n) is 0.946. The first-order valence-electron chi connectivity index (χ1n) is 4.22. The standard InChI is InChI=1S/C11H11NO2/c12-8-10-6-4-9(5-7-10)2-1-3-11(13)14/h4-7H,3,8,12H2,(H,13,14). The quantitative estimate of drug-likeness (QED) is 0.681. The number of nitrogens with two attached hydrogens (primary N) is 1. The first-order valence-corrected chi connectivity index (χ1v) is 4.22. The first kappa shape index (κ1) is 10.3. The summed E-state index contributed by atoms with van der Waals surface area (Å²) >= 11 is 0. The summed E-state index contributed by atoms with van der Waals surface area (Å²) in [6.45, 7) is 0.503. The summed E-state index contributed by atoms with van der Waals surface area (Å²) in [5, 5.41) is 8.35. The molecule has 0 aliphatic heterocycles. The van der Waals surface area contributed by atoms with E-state index in [-0.39, 0.29) is 6.42 Å². The minimum Gasteiger partial charge on any atom is -0.481 e. The van der Waals surface area contributed by atoms with Crippen LogP contribution in [-0.4, -0.2) is 11.1 Å². The molecule has 0 saturated carbocycles. The van der Waals surface area contributed by atoms with E-state index >= 15 is 0 Å². The molecule has 0 heterocycles. The molecular formula is C11H11NO2. The molecule has 0 radical (unpaired) electrons. The van der Waals surface area contributed by atoms with Crippen LogP contribution < -0.4 is 5.73 Å². The minimum atomic E-state index is -0.906. The Kier molecular flexibility index (Phi) is 3.71. The third kappa shape index (κ3) is 3.30. The summed E-state index contributed by atoms with van der Waals surface area (Å²) in [4.78, 5) is 10.2. The predicted molar refractivity (Wildman–Crippen MR) is 53.5 cm³/mol. The molecule has 0 spiro atoms. The fraction of sp³-hybridized carbons (Fsp3) is 0.182. The van der Waals surface area contributed by atoms with Crippen LogP contribution >= 0.6 is 0 Å². The van der Waals surface area contributed by atoms with Crippen LogP contribution in [0.2, 0.25) is 0 Å². The second kappa shape index (κ2) is 5.05. The van der Waals surface area contributed by atoms with Gasteiger partial charge in [-0.05, 0) is 17.7 Å². The predicted octanol–water partition coefficient (Wildman–Crippen LogP) is 0.972. The van der Waals surface area contributed by atoms with Crippen molar-refractivity contribution in [2.45, 2.75) is 13.0 Å². The van der Waals surface area contributed by atoms with Crippen molar-refractivity contribution in [1.82, 2.24) is 0 Å². The van der Waals surface area contributed by atoms with Crippen LogP contribution in [0.1, 0.15) is 17.5 Å². The van der Waals surface area contributed by atoms with Gasteiger partial charge in [-0.2, -0.15) is 0 Å². The molecule has 0 aliphatic rings. The van der Waals surface area contributed by atoms with E-state index in [2.05, 4.69) is 11.8 Å². The molecule has 14 heavy (non-hydrogen) atoms. The molecular weight excluding hydrogens is 178 g/mol. The molecule has 1 rings (SSSR count). The lowest BCUT2D eigenvalue weighted by molar-refractivity contribution is -0.135. The number of rotatable bonds is 2. The topological polar surface area (TPSA) is 63.3 Å². The van der Waals surface area contributed by atoms with Gasteiger partial charge in [-0.1, -0.05) is 24.0 Å². The third-order valence-corrected chi connectivity index (χ3v) is 1.66. The second-order valence-corrected chi connectivity index (χ2v) is 2.77. The van der Waals surface area contributed by atoms with Gasteiger partial charge in [0, 0.05) is 12.1 Å². The first-order chi connectivity index (χ1) is 6.72. The van der Waals surface area contributed by atoms with E-state index in [1.807, 2.05) is 24.3 Å². The molecule has 1 aromatic carbocycles. The van der Waals surface area contributed by atoms with Crippen molar-refractivity contribution in [1.29, 1.82) is 0 Å². The van der Waals surface area contributed by atoms with Crippen molar-refractivity contribution >= 4 is 5.97 Å². The van der Waals surface area contributed by atoms with Gasteiger partial charge in [0.05, 0.1) is 0 Å². The van der Waals surface area contributed by atoms with Gasteiger partial charge in [0.1, 0.15) is 6.42 Å². The number of carboxylic acids is 1. The fourth-order valence-corrected chi connectivity index (χ4v) is 0.946. The molecule has 0 atom stereocenters. The van der Waals surface area contributed by atoms with Crippen molar-refractivity contribution in [3.8, 4) is 11.8 Å². The zero-order valence-corrected chi connectivity index (χ0v) is 7.66. The average Bonchev–Trinajstić information content (AvgIpc) is 2.18. The highest BCUT2D eigenvalue weighted by atomic mass is 16.4. The van der Waals surface area contributed by atoms with Crippen molar-refractivity contribution in [2.75, 3.05) is 0 Å². The Morgan fingerprint density at radius 3 is 2.50 bits per heavy atom. The number of benzene rings is 1. The van der Waals surface area contributed by atoms with Gasteiger partial charge < -0.3 is 10.8 Å². The Hall–Kier alpha value is -1.79. The summed E-state index contributed by atoms with van der Waals surface area (Å²) in [5.41, 5.74) is 7.27. The Morgan fingerprint density at radius 2 is 2.00 bits per heavy atom. The summed E-state index contributed by atoms with van der Waals surface area (Å²) in [7, 11) is 0. The molecule has 0 unspecified atom stereocenters. The molecule has 0 aliphatic carbocycles.